The topological polar surface area (TPSA) is 107 Å². The number of aromatic nitrogens is 1. The summed E-state index contributed by atoms with van der Waals surface area (Å²) in [6, 6.07) is 16.7. The van der Waals surface area contributed by atoms with Crippen LogP contribution in [0.1, 0.15) is 15.9 Å². The smallest absolute Gasteiger partial charge is 0.263 e. The van der Waals surface area contributed by atoms with Crippen molar-refractivity contribution in [2.75, 3.05) is 16.8 Å². The number of fused-ring (bicyclic) bond motifs is 2. The summed E-state index contributed by atoms with van der Waals surface area (Å²) in [7, 11) is -3.74. The zero-order valence-corrected chi connectivity index (χ0v) is 18.4. The second kappa shape index (κ2) is 7.81. The molecule has 0 aliphatic carbocycles. The van der Waals surface area contributed by atoms with Gasteiger partial charge in [-0.25, -0.2) is 13.4 Å². The van der Waals surface area contributed by atoms with E-state index in [-0.39, 0.29) is 22.7 Å². The van der Waals surface area contributed by atoms with Gasteiger partial charge in [0.2, 0.25) is 6.79 Å². The molecule has 0 saturated carbocycles. The quantitative estimate of drug-likeness (QED) is 0.451. The summed E-state index contributed by atoms with van der Waals surface area (Å²) >= 11 is 1.19. The molecule has 2 heterocycles. The lowest BCUT2D eigenvalue weighted by Crippen LogP contribution is -2.12. The molecule has 0 unspecified atom stereocenters. The van der Waals surface area contributed by atoms with E-state index in [4.69, 9.17) is 9.47 Å². The molecular formula is C22H17N3O5S2. The van der Waals surface area contributed by atoms with Crippen LogP contribution in [0.5, 0.6) is 11.5 Å². The van der Waals surface area contributed by atoms with Crippen molar-refractivity contribution < 1.29 is 22.7 Å². The predicted molar refractivity (Wildman–Crippen MR) is 122 cm³/mol. The lowest BCUT2D eigenvalue weighted by Gasteiger charge is -2.06. The summed E-state index contributed by atoms with van der Waals surface area (Å²) in [5.41, 5.74) is 2.60. The first-order valence-electron chi connectivity index (χ1n) is 9.58. The Morgan fingerprint density at radius 3 is 2.59 bits per heavy atom. The van der Waals surface area contributed by atoms with Gasteiger partial charge in [0.1, 0.15) is 0 Å². The number of amides is 1. The summed E-state index contributed by atoms with van der Waals surface area (Å²) in [4.78, 5) is 17.1. The van der Waals surface area contributed by atoms with E-state index >= 15 is 0 Å². The van der Waals surface area contributed by atoms with Gasteiger partial charge < -0.3 is 14.8 Å². The average molecular weight is 468 g/mol. The van der Waals surface area contributed by atoms with Crippen molar-refractivity contribution in [2.24, 2.45) is 0 Å². The maximum absolute atomic E-state index is 12.6. The number of carbonyl (C=O) groups is 1. The molecule has 0 bridgehead atoms. The molecule has 0 saturated heterocycles. The van der Waals surface area contributed by atoms with Crippen LogP contribution < -0.4 is 19.5 Å². The van der Waals surface area contributed by atoms with Crippen LogP contribution in [0.25, 0.3) is 10.2 Å². The number of sulfonamides is 1. The molecule has 1 aliphatic heterocycles. The van der Waals surface area contributed by atoms with Crippen LogP contribution in [0.2, 0.25) is 0 Å². The Labute approximate surface area is 187 Å². The Kier molecular flexibility index (Phi) is 4.95. The third-order valence-electron chi connectivity index (χ3n) is 4.83. The van der Waals surface area contributed by atoms with E-state index < -0.39 is 10.0 Å². The first kappa shape index (κ1) is 20.3. The van der Waals surface area contributed by atoms with E-state index in [0.29, 0.717) is 28.3 Å². The van der Waals surface area contributed by atoms with Gasteiger partial charge >= 0.3 is 0 Å². The van der Waals surface area contributed by atoms with Gasteiger partial charge in [0.15, 0.2) is 16.6 Å². The Balaban J connectivity index is 1.35. The third-order valence-corrected chi connectivity index (χ3v) is 7.25. The molecule has 3 aromatic carbocycles. The van der Waals surface area contributed by atoms with E-state index in [1.807, 2.05) is 6.92 Å². The van der Waals surface area contributed by atoms with Crippen molar-refractivity contribution in [1.82, 2.24) is 4.98 Å². The van der Waals surface area contributed by atoms with Gasteiger partial charge in [-0.05, 0) is 55.5 Å². The van der Waals surface area contributed by atoms with Crippen LogP contribution in [-0.4, -0.2) is 26.1 Å². The van der Waals surface area contributed by atoms with Crippen LogP contribution in [0, 0.1) is 6.92 Å². The van der Waals surface area contributed by atoms with Gasteiger partial charge in [-0.3, -0.25) is 9.52 Å². The van der Waals surface area contributed by atoms with Crippen molar-refractivity contribution in [3.8, 4) is 11.5 Å². The van der Waals surface area contributed by atoms with E-state index in [2.05, 4.69) is 15.0 Å². The Bertz CT molecular complexity index is 1450. The van der Waals surface area contributed by atoms with Crippen LogP contribution in [-0.2, 0) is 10.0 Å². The minimum atomic E-state index is -3.74. The lowest BCUT2D eigenvalue weighted by molar-refractivity contribution is 0.102. The fraction of sp³-hybridized carbons (Fsp3) is 0.0909. The minimum Gasteiger partial charge on any atom is -0.454 e. The van der Waals surface area contributed by atoms with Crippen molar-refractivity contribution in [3.05, 3.63) is 71.8 Å². The fourth-order valence-electron chi connectivity index (χ4n) is 3.18. The number of nitrogens with zero attached hydrogens (tertiary/aromatic N) is 1. The second-order valence-corrected chi connectivity index (χ2v) is 9.86. The molecule has 1 aliphatic rings. The monoisotopic (exact) mass is 467 g/mol. The molecule has 2 N–H and O–H groups in total. The van der Waals surface area contributed by atoms with Gasteiger partial charge in [-0.15, -0.1) is 0 Å². The largest absolute Gasteiger partial charge is 0.454 e. The van der Waals surface area contributed by atoms with E-state index in [1.54, 1.807) is 60.7 Å². The van der Waals surface area contributed by atoms with Gasteiger partial charge in [0, 0.05) is 11.3 Å². The number of anilines is 2. The zero-order chi connectivity index (χ0) is 22.3. The summed E-state index contributed by atoms with van der Waals surface area (Å²) in [5.74, 6) is 0.835. The minimum absolute atomic E-state index is 0.137. The van der Waals surface area contributed by atoms with Gasteiger partial charge in [-0.2, -0.15) is 0 Å². The van der Waals surface area contributed by atoms with Gasteiger partial charge in [0.05, 0.1) is 15.1 Å². The lowest BCUT2D eigenvalue weighted by atomic mass is 10.2. The van der Waals surface area contributed by atoms with Gasteiger partial charge in [0.25, 0.3) is 15.9 Å². The van der Waals surface area contributed by atoms with Crippen LogP contribution in [0.4, 0.5) is 10.8 Å². The number of thiazole rings is 1. The summed E-state index contributed by atoms with van der Waals surface area (Å²) in [6.45, 7) is 2.03. The Hall–Kier alpha value is -3.63. The molecule has 0 atom stereocenters. The number of hydrogen-bond acceptors (Lipinski definition) is 7. The van der Waals surface area contributed by atoms with E-state index in [9.17, 15) is 13.2 Å². The molecule has 4 aromatic rings. The maximum Gasteiger partial charge on any atom is 0.263 e. The molecule has 0 radical (unpaired) electrons. The Morgan fingerprint density at radius 2 is 1.78 bits per heavy atom. The normalized spacial score (nSPS) is 12.7. The van der Waals surface area contributed by atoms with Crippen LogP contribution in [0.3, 0.4) is 0 Å². The molecular weight excluding hydrogens is 450 g/mol. The number of nitrogens with one attached hydrogen (secondary N) is 2. The van der Waals surface area contributed by atoms with Crippen LogP contribution in [0.15, 0.2) is 65.6 Å². The fourth-order valence-corrected chi connectivity index (χ4v) is 5.32. The molecule has 10 heteroatoms. The molecule has 5 rings (SSSR count). The Morgan fingerprint density at radius 1 is 1.00 bits per heavy atom. The number of rotatable bonds is 5. The molecule has 162 valence electrons. The predicted octanol–water partition coefficient (Wildman–Crippen LogP) is 4.39. The standard InChI is InChI=1S/C22H17N3O5S2/c1-13-2-6-16(7-3-13)32(27,28)25-22-24-17-8-5-15(11-20(17)31-22)23-21(26)14-4-9-18-19(10-14)30-12-29-18/h2-11H,12H2,1H3,(H,23,26)(H,24,25). The molecule has 32 heavy (non-hydrogen) atoms. The number of carbonyl (C=O) groups excluding carboxylic acids is 1. The summed E-state index contributed by atoms with van der Waals surface area (Å²) < 4.78 is 39.1. The summed E-state index contributed by atoms with van der Waals surface area (Å²) in [6.07, 6.45) is 0. The summed E-state index contributed by atoms with van der Waals surface area (Å²) in [5, 5.41) is 3.08. The highest BCUT2D eigenvalue weighted by molar-refractivity contribution is 7.93. The molecule has 8 nitrogen and oxygen atoms in total. The van der Waals surface area contributed by atoms with Crippen molar-refractivity contribution in [3.63, 3.8) is 0 Å². The number of hydrogen-bond donors (Lipinski definition) is 2. The molecule has 1 amide bonds. The van der Waals surface area contributed by atoms with Crippen molar-refractivity contribution >= 4 is 48.3 Å². The van der Waals surface area contributed by atoms with Crippen molar-refractivity contribution in [1.29, 1.82) is 0 Å². The molecule has 0 spiro atoms. The molecule has 0 fully saturated rings. The number of aryl methyl sites for hydroxylation is 1. The van der Waals surface area contributed by atoms with E-state index in [1.165, 1.54) is 11.3 Å². The van der Waals surface area contributed by atoms with Crippen molar-refractivity contribution in [2.45, 2.75) is 11.8 Å². The maximum atomic E-state index is 12.6. The molecule has 1 aromatic heterocycles. The highest BCUT2D eigenvalue weighted by atomic mass is 32.2. The first-order chi connectivity index (χ1) is 15.4. The first-order valence-corrected chi connectivity index (χ1v) is 11.9. The highest BCUT2D eigenvalue weighted by Crippen LogP contribution is 2.33. The number of ether oxygens (including phenoxy) is 2. The van der Waals surface area contributed by atoms with Crippen LogP contribution >= 0.6 is 11.3 Å². The van der Waals surface area contributed by atoms with Gasteiger partial charge in [-0.1, -0.05) is 29.0 Å². The SMILES string of the molecule is Cc1ccc(S(=O)(=O)Nc2nc3ccc(NC(=O)c4ccc5c(c4)OCO5)cc3s2)cc1. The number of benzene rings is 3. The zero-order valence-electron chi connectivity index (χ0n) is 16.8. The van der Waals surface area contributed by atoms with E-state index in [0.717, 1.165) is 10.3 Å². The average Bonchev–Trinajstić information content (AvgIpc) is 3.38. The second-order valence-electron chi connectivity index (χ2n) is 7.14. The highest BCUT2D eigenvalue weighted by Gasteiger charge is 2.18. The third kappa shape index (κ3) is 3.97.